The number of hydrogen-bond donors (Lipinski definition) is 2. The minimum absolute atomic E-state index is 0.114. The first-order chi connectivity index (χ1) is 8.81. The summed E-state index contributed by atoms with van der Waals surface area (Å²) in [5.41, 5.74) is 1.49. The van der Waals surface area contributed by atoms with Gasteiger partial charge in [-0.15, -0.1) is 0 Å². The molecule has 0 fully saturated rings. The normalized spacial score (nSPS) is 11.9. The summed E-state index contributed by atoms with van der Waals surface area (Å²) in [6.45, 7) is 3.21. The molecule has 0 bridgehead atoms. The van der Waals surface area contributed by atoms with Crippen LogP contribution in [0.25, 0.3) is 0 Å². The Balaban J connectivity index is 3.05. The van der Waals surface area contributed by atoms with E-state index in [4.69, 9.17) is 21.8 Å². The Hall–Kier alpha value is -1.75. The van der Waals surface area contributed by atoms with E-state index < -0.39 is 17.9 Å². The molecule has 1 atom stereocenters. The highest BCUT2D eigenvalue weighted by Crippen LogP contribution is 2.25. The minimum atomic E-state index is -1.02. The molecular weight excluding hydrogens is 270 g/mol. The van der Waals surface area contributed by atoms with Crippen molar-refractivity contribution in [1.29, 1.82) is 0 Å². The molecule has 1 aromatic rings. The van der Waals surface area contributed by atoms with Crippen LogP contribution in [0, 0.1) is 12.8 Å². The molecule has 0 amide bonds. The Morgan fingerprint density at radius 1 is 1.37 bits per heavy atom. The number of nitrogens with zero attached hydrogens (tertiary/aromatic N) is 1. The lowest BCUT2D eigenvalue weighted by molar-refractivity contribution is -0.141. The van der Waals surface area contributed by atoms with Gasteiger partial charge in [0, 0.05) is 17.3 Å². The van der Waals surface area contributed by atoms with Crippen LogP contribution in [0.2, 0.25) is 5.02 Å². The first-order valence-electron chi connectivity index (χ1n) is 5.77. The highest BCUT2D eigenvalue weighted by molar-refractivity contribution is 6.30. The van der Waals surface area contributed by atoms with Crippen molar-refractivity contribution in [2.75, 3.05) is 18.0 Å². The number of hydrogen-bond acceptors (Lipinski definition) is 3. The molecular formula is C13H16ClNO4. The molecule has 0 aromatic heterocycles. The van der Waals surface area contributed by atoms with Crippen LogP contribution in [0.15, 0.2) is 18.2 Å². The van der Waals surface area contributed by atoms with Gasteiger partial charge in [0.2, 0.25) is 0 Å². The van der Waals surface area contributed by atoms with Gasteiger partial charge in [0.1, 0.15) is 6.54 Å². The van der Waals surface area contributed by atoms with Gasteiger partial charge < -0.3 is 15.1 Å². The summed E-state index contributed by atoms with van der Waals surface area (Å²) in [5, 5.41) is 18.4. The zero-order valence-electron chi connectivity index (χ0n) is 10.8. The second kappa shape index (κ2) is 6.43. The van der Waals surface area contributed by atoms with Crippen molar-refractivity contribution >= 4 is 29.2 Å². The Kier molecular flexibility index (Phi) is 5.18. The van der Waals surface area contributed by atoms with E-state index in [0.717, 1.165) is 5.56 Å². The van der Waals surface area contributed by atoms with E-state index in [0.29, 0.717) is 10.7 Å². The van der Waals surface area contributed by atoms with E-state index in [2.05, 4.69) is 0 Å². The van der Waals surface area contributed by atoms with E-state index in [9.17, 15) is 9.59 Å². The zero-order valence-corrected chi connectivity index (χ0v) is 11.5. The molecule has 0 aliphatic rings. The zero-order chi connectivity index (χ0) is 14.6. The van der Waals surface area contributed by atoms with Crippen LogP contribution in [-0.4, -0.2) is 35.2 Å². The third-order valence-corrected chi connectivity index (χ3v) is 2.99. The van der Waals surface area contributed by atoms with Crippen LogP contribution in [0.3, 0.4) is 0 Å². The number of carboxylic acid groups (broad SMARTS) is 2. The molecule has 0 spiro atoms. The Morgan fingerprint density at radius 2 is 2.00 bits per heavy atom. The fourth-order valence-electron chi connectivity index (χ4n) is 1.74. The number of carboxylic acids is 2. The maximum absolute atomic E-state index is 10.9. The Morgan fingerprint density at radius 3 is 2.53 bits per heavy atom. The second-order valence-electron chi connectivity index (χ2n) is 4.44. The number of rotatable bonds is 6. The molecule has 104 valence electrons. The summed E-state index contributed by atoms with van der Waals surface area (Å²) < 4.78 is 0. The average molecular weight is 286 g/mol. The topological polar surface area (TPSA) is 77.8 Å². The van der Waals surface area contributed by atoms with Crippen molar-refractivity contribution in [3.8, 4) is 0 Å². The fourth-order valence-corrected chi connectivity index (χ4v) is 1.91. The lowest BCUT2D eigenvalue weighted by Gasteiger charge is -2.26. The molecule has 6 heteroatoms. The number of carbonyl (C=O) groups is 2. The van der Waals surface area contributed by atoms with Crippen molar-refractivity contribution in [3.63, 3.8) is 0 Å². The van der Waals surface area contributed by atoms with Crippen molar-refractivity contribution in [1.82, 2.24) is 0 Å². The van der Waals surface area contributed by atoms with Gasteiger partial charge in [-0.3, -0.25) is 9.59 Å². The number of aryl methyl sites for hydroxylation is 1. The van der Waals surface area contributed by atoms with Gasteiger partial charge in [0.25, 0.3) is 0 Å². The molecule has 0 saturated heterocycles. The van der Waals surface area contributed by atoms with Crippen molar-refractivity contribution in [3.05, 3.63) is 28.8 Å². The van der Waals surface area contributed by atoms with Gasteiger partial charge in [-0.25, -0.2) is 0 Å². The van der Waals surface area contributed by atoms with E-state index in [1.807, 2.05) is 6.92 Å². The molecule has 1 rings (SSSR count). The van der Waals surface area contributed by atoms with Crippen LogP contribution in [0.1, 0.15) is 12.5 Å². The largest absolute Gasteiger partial charge is 0.481 e. The smallest absolute Gasteiger partial charge is 0.323 e. The van der Waals surface area contributed by atoms with Gasteiger partial charge in [-0.1, -0.05) is 24.6 Å². The predicted molar refractivity (Wildman–Crippen MR) is 72.8 cm³/mol. The fraction of sp³-hybridized carbons (Fsp3) is 0.385. The first kappa shape index (κ1) is 15.3. The van der Waals surface area contributed by atoms with Crippen LogP contribution in [-0.2, 0) is 9.59 Å². The maximum atomic E-state index is 10.9. The third-order valence-electron chi connectivity index (χ3n) is 2.75. The van der Waals surface area contributed by atoms with Gasteiger partial charge in [0.05, 0.1) is 5.92 Å². The van der Waals surface area contributed by atoms with Gasteiger partial charge in [0.15, 0.2) is 0 Å². The second-order valence-corrected chi connectivity index (χ2v) is 4.88. The quantitative estimate of drug-likeness (QED) is 0.838. The van der Waals surface area contributed by atoms with Crippen LogP contribution >= 0.6 is 11.6 Å². The van der Waals surface area contributed by atoms with Crippen LogP contribution < -0.4 is 4.90 Å². The van der Waals surface area contributed by atoms with E-state index >= 15 is 0 Å². The molecule has 0 radical (unpaired) electrons. The Labute approximate surface area is 116 Å². The highest BCUT2D eigenvalue weighted by atomic mass is 35.5. The van der Waals surface area contributed by atoms with Gasteiger partial charge in [-0.05, 0) is 24.6 Å². The summed E-state index contributed by atoms with van der Waals surface area (Å²) >= 11 is 5.91. The van der Waals surface area contributed by atoms with E-state index in [1.165, 1.54) is 11.8 Å². The molecule has 0 heterocycles. The maximum Gasteiger partial charge on any atom is 0.323 e. The average Bonchev–Trinajstić information content (AvgIpc) is 2.30. The number of aliphatic carboxylic acids is 2. The minimum Gasteiger partial charge on any atom is -0.481 e. The lowest BCUT2D eigenvalue weighted by Crippen LogP contribution is -2.36. The number of anilines is 1. The SMILES string of the molecule is Cc1ccc(Cl)cc1N(CC(=O)O)CC(C)C(=O)O. The van der Waals surface area contributed by atoms with Crippen molar-refractivity contribution in [2.45, 2.75) is 13.8 Å². The van der Waals surface area contributed by atoms with Crippen LogP contribution in [0.4, 0.5) is 5.69 Å². The van der Waals surface area contributed by atoms with Crippen LogP contribution in [0.5, 0.6) is 0 Å². The third kappa shape index (κ3) is 4.44. The van der Waals surface area contributed by atoms with Gasteiger partial charge in [-0.2, -0.15) is 0 Å². The molecule has 1 aromatic carbocycles. The summed E-state index contributed by atoms with van der Waals surface area (Å²) in [6, 6.07) is 5.13. The summed E-state index contributed by atoms with van der Waals surface area (Å²) in [6.07, 6.45) is 0. The monoisotopic (exact) mass is 285 g/mol. The molecule has 2 N–H and O–H groups in total. The Bertz CT molecular complexity index is 490. The molecule has 1 unspecified atom stereocenters. The van der Waals surface area contributed by atoms with Crippen molar-refractivity contribution in [2.24, 2.45) is 5.92 Å². The van der Waals surface area contributed by atoms with Crippen molar-refractivity contribution < 1.29 is 19.8 Å². The molecule has 0 saturated carbocycles. The lowest BCUT2D eigenvalue weighted by atomic mass is 10.1. The van der Waals surface area contributed by atoms with E-state index in [1.54, 1.807) is 18.2 Å². The standard InChI is InChI=1S/C13H16ClNO4/c1-8-3-4-10(14)5-11(8)15(7-12(16)17)6-9(2)13(18)19/h3-5,9H,6-7H2,1-2H3,(H,16,17)(H,18,19). The van der Waals surface area contributed by atoms with Gasteiger partial charge >= 0.3 is 11.9 Å². The molecule has 0 aliphatic heterocycles. The first-order valence-corrected chi connectivity index (χ1v) is 6.14. The molecule has 5 nitrogen and oxygen atoms in total. The summed E-state index contributed by atoms with van der Waals surface area (Å²) in [5.74, 6) is -2.65. The molecule has 0 aliphatic carbocycles. The number of benzene rings is 1. The molecule has 19 heavy (non-hydrogen) atoms. The summed E-state index contributed by atoms with van der Waals surface area (Å²) in [7, 11) is 0. The number of halogens is 1. The predicted octanol–water partition coefficient (Wildman–Crippen LogP) is 2.26. The highest BCUT2D eigenvalue weighted by Gasteiger charge is 2.20. The van der Waals surface area contributed by atoms with E-state index in [-0.39, 0.29) is 13.1 Å². The summed E-state index contributed by atoms with van der Waals surface area (Å²) in [4.78, 5) is 23.3.